The van der Waals surface area contributed by atoms with Crippen molar-refractivity contribution in [3.05, 3.63) is 34.0 Å². The van der Waals surface area contributed by atoms with Crippen LogP contribution in [0.15, 0.2) is 12.1 Å². The molecule has 2 aromatic rings. The van der Waals surface area contributed by atoms with Crippen LogP contribution in [0.5, 0.6) is 0 Å². The molecule has 0 aliphatic heterocycles. The zero-order valence-electron chi connectivity index (χ0n) is 11.4. The molecule has 0 atom stereocenters. The van der Waals surface area contributed by atoms with E-state index in [1.807, 2.05) is 12.1 Å². The normalized spacial score (nSPS) is 10.9. The maximum Gasteiger partial charge on any atom is 0.0756 e. The Hall–Kier alpha value is -1.28. The number of halogens is 1. The highest BCUT2D eigenvalue weighted by Crippen LogP contribution is 2.32. The van der Waals surface area contributed by atoms with Crippen LogP contribution >= 0.6 is 11.6 Å². The maximum atomic E-state index is 6.18. The van der Waals surface area contributed by atoms with Gasteiger partial charge >= 0.3 is 0 Å². The molecule has 18 heavy (non-hydrogen) atoms. The van der Waals surface area contributed by atoms with Crippen molar-refractivity contribution in [1.82, 2.24) is 4.98 Å². The van der Waals surface area contributed by atoms with E-state index < -0.39 is 0 Å². The van der Waals surface area contributed by atoms with Crippen molar-refractivity contribution in [2.75, 3.05) is 11.9 Å². The third-order valence-corrected chi connectivity index (χ3v) is 3.48. The second-order valence-corrected chi connectivity index (χ2v) is 4.99. The largest absolute Gasteiger partial charge is 0.384 e. The van der Waals surface area contributed by atoms with Crippen LogP contribution in [-0.2, 0) is 6.42 Å². The molecular formula is C15H19ClN2. The Morgan fingerprint density at radius 1 is 1.22 bits per heavy atom. The molecule has 0 saturated carbocycles. The molecule has 0 aliphatic carbocycles. The van der Waals surface area contributed by atoms with Crippen molar-refractivity contribution in [3.63, 3.8) is 0 Å². The Balaban J connectivity index is 2.87. The van der Waals surface area contributed by atoms with Crippen LogP contribution in [-0.4, -0.2) is 11.5 Å². The lowest BCUT2D eigenvalue weighted by atomic mass is 10.0. The van der Waals surface area contributed by atoms with Gasteiger partial charge in [-0.15, -0.1) is 0 Å². The Bertz CT molecular complexity index is 591. The summed E-state index contributed by atoms with van der Waals surface area (Å²) >= 11 is 6.18. The smallest absolute Gasteiger partial charge is 0.0756 e. The van der Waals surface area contributed by atoms with Gasteiger partial charge in [0.2, 0.25) is 0 Å². The summed E-state index contributed by atoms with van der Waals surface area (Å²) in [6, 6.07) is 3.98. The van der Waals surface area contributed by atoms with Crippen LogP contribution in [0.25, 0.3) is 10.9 Å². The van der Waals surface area contributed by atoms with Crippen molar-refractivity contribution in [2.45, 2.75) is 34.1 Å². The SMILES string of the molecule is CCNc1c(CC)c(C)nc2c(C)cc(Cl)cc12. The Kier molecular flexibility index (Phi) is 3.76. The molecule has 96 valence electrons. The zero-order valence-corrected chi connectivity index (χ0v) is 12.2. The van der Waals surface area contributed by atoms with Crippen molar-refractivity contribution >= 4 is 28.2 Å². The summed E-state index contributed by atoms with van der Waals surface area (Å²) in [7, 11) is 0. The number of hydrogen-bond donors (Lipinski definition) is 1. The number of aryl methyl sites for hydroxylation is 2. The molecule has 1 N–H and O–H groups in total. The molecule has 0 aliphatic rings. The third-order valence-electron chi connectivity index (χ3n) is 3.26. The first-order valence-corrected chi connectivity index (χ1v) is 6.79. The standard InChI is InChI=1S/C15H19ClN2/c1-5-12-10(4)18-14-9(3)7-11(16)8-13(14)15(12)17-6-2/h7-8H,5-6H2,1-4H3,(H,17,18). The van der Waals surface area contributed by atoms with Gasteiger partial charge in [-0.2, -0.15) is 0 Å². The molecule has 0 spiro atoms. The van der Waals surface area contributed by atoms with Crippen LogP contribution in [0.1, 0.15) is 30.7 Å². The van der Waals surface area contributed by atoms with E-state index in [1.54, 1.807) is 0 Å². The minimum absolute atomic E-state index is 0.770. The fourth-order valence-corrected chi connectivity index (χ4v) is 2.74. The molecular weight excluding hydrogens is 244 g/mol. The van der Waals surface area contributed by atoms with Crippen LogP contribution in [0.3, 0.4) is 0 Å². The van der Waals surface area contributed by atoms with Crippen molar-refractivity contribution in [1.29, 1.82) is 0 Å². The highest BCUT2D eigenvalue weighted by molar-refractivity contribution is 6.31. The number of rotatable bonds is 3. The van der Waals surface area contributed by atoms with Gasteiger partial charge in [-0.05, 0) is 50.5 Å². The number of aromatic nitrogens is 1. The summed E-state index contributed by atoms with van der Waals surface area (Å²) < 4.78 is 0. The fraction of sp³-hybridized carbons (Fsp3) is 0.400. The van der Waals surface area contributed by atoms with E-state index >= 15 is 0 Å². The Morgan fingerprint density at radius 2 is 1.94 bits per heavy atom. The second-order valence-electron chi connectivity index (χ2n) is 4.55. The quantitative estimate of drug-likeness (QED) is 0.881. The first-order chi connectivity index (χ1) is 8.58. The first-order valence-electron chi connectivity index (χ1n) is 6.41. The highest BCUT2D eigenvalue weighted by atomic mass is 35.5. The lowest BCUT2D eigenvalue weighted by molar-refractivity contribution is 1.05. The average molecular weight is 263 g/mol. The van der Waals surface area contributed by atoms with Gasteiger partial charge in [-0.1, -0.05) is 18.5 Å². The molecule has 3 heteroatoms. The molecule has 0 saturated heterocycles. The summed E-state index contributed by atoms with van der Waals surface area (Å²) in [6.45, 7) is 9.30. The van der Waals surface area contributed by atoms with Gasteiger partial charge in [-0.3, -0.25) is 4.98 Å². The number of benzene rings is 1. The number of anilines is 1. The van der Waals surface area contributed by atoms with Gasteiger partial charge in [0.25, 0.3) is 0 Å². The van der Waals surface area contributed by atoms with E-state index in [4.69, 9.17) is 16.6 Å². The highest BCUT2D eigenvalue weighted by Gasteiger charge is 2.12. The summed E-state index contributed by atoms with van der Waals surface area (Å²) in [5, 5.41) is 5.37. The van der Waals surface area contributed by atoms with E-state index in [9.17, 15) is 0 Å². The van der Waals surface area contributed by atoms with Crippen molar-refractivity contribution < 1.29 is 0 Å². The Labute approximate surface area is 113 Å². The predicted molar refractivity (Wildman–Crippen MR) is 79.8 cm³/mol. The lowest BCUT2D eigenvalue weighted by Crippen LogP contribution is -2.05. The van der Waals surface area contributed by atoms with Gasteiger partial charge in [0.05, 0.1) is 5.52 Å². The molecule has 0 unspecified atom stereocenters. The van der Waals surface area contributed by atoms with Crippen LogP contribution in [0.2, 0.25) is 5.02 Å². The van der Waals surface area contributed by atoms with Gasteiger partial charge < -0.3 is 5.32 Å². The minimum atomic E-state index is 0.770. The van der Waals surface area contributed by atoms with Crippen LogP contribution in [0.4, 0.5) is 5.69 Å². The van der Waals surface area contributed by atoms with E-state index in [1.165, 1.54) is 11.3 Å². The topological polar surface area (TPSA) is 24.9 Å². The first kappa shape index (κ1) is 13.2. The lowest BCUT2D eigenvalue weighted by Gasteiger charge is -2.16. The molecule has 1 aromatic carbocycles. The number of nitrogens with one attached hydrogen (secondary N) is 1. The summed E-state index contributed by atoms with van der Waals surface area (Å²) in [5.74, 6) is 0. The summed E-state index contributed by atoms with van der Waals surface area (Å²) in [5.41, 5.74) is 5.75. The summed E-state index contributed by atoms with van der Waals surface area (Å²) in [4.78, 5) is 4.73. The van der Waals surface area contributed by atoms with E-state index in [-0.39, 0.29) is 0 Å². The molecule has 0 bridgehead atoms. The van der Waals surface area contributed by atoms with E-state index in [0.29, 0.717) is 0 Å². The number of nitrogens with zero attached hydrogens (tertiary/aromatic N) is 1. The maximum absolute atomic E-state index is 6.18. The predicted octanol–water partition coefficient (Wildman–Crippen LogP) is 4.50. The monoisotopic (exact) mass is 262 g/mol. The number of fused-ring (bicyclic) bond motifs is 1. The molecule has 1 aromatic heterocycles. The molecule has 2 rings (SSSR count). The van der Waals surface area contributed by atoms with Crippen LogP contribution < -0.4 is 5.32 Å². The molecule has 0 amide bonds. The third kappa shape index (κ3) is 2.17. The average Bonchev–Trinajstić information content (AvgIpc) is 2.31. The molecule has 0 radical (unpaired) electrons. The zero-order chi connectivity index (χ0) is 13.3. The van der Waals surface area contributed by atoms with E-state index in [2.05, 4.69) is 33.0 Å². The second kappa shape index (κ2) is 5.15. The number of hydrogen-bond acceptors (Lipinski definition) is 2. The van der Waals surface area contributed by atoms with Gasteiger partial charge in [0.15, 0.2) is 0 Å². The van der Waals surface area contributed by atoms with Crippen molar-refractivity contribution in [2.24, 2.45) is 0 Å². The summed E-state index contributed by atoms with van der Waals surface area (Å²) in [6.07, 6.45) is 0.975. The van der Waals surface area contributed by atoms with E-state index in [0.717, 1.165) is 40.1 Å². The van der Waals surface area contributed by atoms with Gasteiger partial charge in [0.1, 0.15) is 0 Å². The molecule has 0 fully saturated rings. The van der Waals surface area contributed by atoms with Crippen molar-refractivity contribution in [3.8, 4) is 0 Å². The van der Waals surface area contributed by atoms with Crippen LogP contribution in [0, 0.1) is 13.8 Å². The molecule has 1 heterocycles. The number of pyridine rings is 1. The fourth-order valence-electron chi connectivity index (χ4n) is 2.46. The van der Waals surface area contributed by atoms with Gasteiger partial charge in [-0.25, -0.2) is 0 Å². The minimum Gasteiger partial charge on any atom is -0.384 e. The Morgan fingerprint density at radius 3 is 2.56 bits per heavy atom. The van der Waals surface area contributed by atoms with Gasteiger partial charge in [0, 0.05) is 28.3 Å². The molecule has 2 nitrogen and oxygen atoms in total.